The fourth-order valence-electron chi connectivity index (χ4n) is 3.48. The molecule has 0 aliphatic heterocycles. The van der Waals surface area contributed by atoms with E-state index in [0.29, 0.717) is 17.1 Å². The van der Waals surface area contributed by atoms with Crippen molar-refractivity contribution in [1.82, 2.24) is 19.5 Å². The Labute approximate surface area is 179 Å². The van der Waals surface area contributed by atoms with Crippen molar-refractivity contribution in [3.8, 4) is 17.1 Å². The lowest BCUT2D eigenvalue weighted by atomic mass is 10.1. The summed E-state index contributed by atoms with van der Waals surface area (Å²) in [5.74, 6) is 0.626. The molecule has 0 N–H and O–H groups in total. The maximum Gasteiger partial charge on any atom is 0.269 e. The molecule has 0 spiro atoms. The molecule has 8 heteroatoms. The van der Waals surface area contributed by atoms with Crippen LogP contribution < -0.4 is 0 Å². The quantitative estimate of drug-likeness (QED) is 0.258. The second kappa shape index (κ2) is 7.00. The number of imidazole rings is 1. The van der Waals surface area contributed by atoms with Crippen LogP contribution in [0.15, 0.2) is 71.2 Å². The summed E-state index contributed by atoms with van der Waals surface area (Å²) in [4.78, 5) is 24.9. The van der Waals surface area contributed by atoms with E-state index in [1.807, 2.05) is 54.0 Å². The first-order valence-corrected chi connectivity index (χ1v) is 9.97. The lowest BCUT2D eigenvalue weighted by molar-refractivity contribution is -0.384. The Morgan fingerprint density at radius 3 is 2.30 bits per heavy atom. The third-order valence-electron chi connectivity index (χ3n) is 4.91. The van der Waals surface area contributed by atoms with E-state index in [4.69, 9.17) is 15.0 Å². The van der Waals surface area contributed by atoms with Gasteiger partial charge in [-0.3, -0.25) is 14.7 Å². The van der Waals surface area contributed by atoms with Crippen molar-refractivity contribution in [2.75, 3.05) is 0 Å². The van der Waals surface area contributed by atoms with E-state index in [9.17, 15) is 10.1 Å². The minimum atomic E-state index is -0.415. The molecule has 0 fully saturated rings. The van der Waals surface area contributed by atoms with Gasteiger partial charge in [0.1, 0.15) is 5.82 Å². The van der Waals surface area contributed by atoms with Crippen LogP contribution >= 0.6 is 15.9 Å². The summed E-state index contributed by atoms with van der Waals surface area (Å²) in [7, 11) is 0. The number of nitrogens with zero attached hydrogens (tertiary/aromatic N) is 5. The number of nitro benzene ring substituents is 1. The Hall–Kier alpha value is -3.65. The van der Waals surface area contributed by atoms with Crippen LogP contribution in [0.2, 0.25) is 0 Å². The molecule has 3 aromatic carbocycles. The molecule has 2 aromatic heterocycles. The van der Waals surface area contributed by atoms with E-state index < -0.39 is 4.92 Å². The highest BCUT2D eigenvalue weighted by Crippen LogP contribution is 2.31. The molecule has 30 heavy (non-hydrogen) atoms. The molecule has 5 rings (SSSR count). The second-order valence-corrected chi connectivity index (χ2v) is 7.78. The van der Waals surface area contributed by atoms with Gasteiger partial charge in [0.15, 0.2) is 11.3 Å². The van der Waals surface area contributed by atoms with Crippen LogP contribution in [-0.2, 0) is 0 Å². The standard InChI is InChI=1S/C22H14BrN5O2/c1-13-12-15(23)8-11-19(13)27-21(14-6-9-16(10-7-14)28(29)30)26-20-22(27)25-18-5-3-2-4-17(18)24-20/h2-12H,1H3. The summed E-state index contributed by atoms with van der Waals surface area (Å²) in [5.41, 5.74) is 5.40. The van der Waals surface area contributed by atoms with Crippen LogP contribution in [0.3, 0.4) is 0 Å². The highest BCUT2D eigenvalue weighted by atomic mass is 79.9. The average Bonchev–Trinajstić information content (AvgIpc) is 3.10. The van der Waals surface area contributed by atoms with Gasteiger partial charge in [0.05, 0.1) is 21.6 Å². The summed E-state index contributed by atoms with van der Waals surface area (Å²) in [5, 5.41) is 11.0. The zero-order valence-electron chi connectivity index (χ0n) is 15.8. The number of hydrogen-bond acceptors (Lipinski definition) is 5. The summed E-state index contributed by atoms with van der Waals surface area (Å²) < 4.78 is 2.93. The van der Waals surface area contributed by atoms with Gasteiger partial charge in [0.25, 0.3) is 5.69 Å². The Morgan fingerprint density at radius 2 is 1.63 bits per heavy atom. The van der Waals surface area contributed by atoms with Crippen LogP contribution in [0.5, 0.6) is 0 Å². The number of hydrogen-bond donors (Lipinski definition) is 0. The number of halogens is 1. The average molecular weight is 460 g/mol. The first-order valence-electron chi connectivity index (χ1n) is 9.18. The number of aryl methyl sites for hydroxylation is 1. The normalized spacial score (nSPS) is 11.3. The Bertz CT molecular complexity index is 1440. The second-order valence-electron chi connectivity index (χ2n) is 6.87. The largest absolute Gasteiger partial charge is 0.275 e. The van der Waals surface area contributed by atoms with Crippen LogP contribution in [0, 0.1) is 17.0 Å². The van der Waals surface area contributed by atoms with Crippen LogP contribution in [0.1, 0.15) is 5.56 Å². The number of nitro groups is 1. The fraction of sp³-hybridized carbons (Fsp3) is 0.0455. The maximum absolute atomic E-state index is 11.0. The van der Waals surface area contributed by atoms with Crippen LogP contribution in [0.25, 0.3) is 39.4 Å². The third-order valence-corrected chi connectivity index (χ3v) is 5.40. The first-order chi connectivity index (χ1) is 14.5. The predicted octanol–water partition coefficient (Wildman–Crippen LogP) is 5.61. The molecule has 0 bridgehead atoms. The predicted molar refractivity (Wildman–Crippen MR) is 119 cm³/mol. The molecule has 0 saturated carbocycles. The Balaban J connectivity index is 1.84. The molecule has 0 unspecified atom stereocenters. The molecule has 0 saturated heterocycles. The van der Waals surface area contributed by atoms with Gasteiger partial charge >= 0.3 is 0 Å². The lowest BCUT2D eigenvalue weighted by Crippen LogP contribution is -2.01. The number of non-ortho nitro benzene ring substituents is 1. The van der Waals surface area contributed by atoms with Gasteiger partial charge in [-0.25, -0.2) is 15.0 Å². The zero-order valence-corrected chi connectivity index (χ0v) is 17.4. The first kappa shape index (κ1) is 18.4. The number of rotatable bonds is 3. The SMILES string of the molecule is Cc1cc(Br)ccc1-n1c(-c2ccc([N+](=O)[O-])cc2)nc2nc3ccccc3nc21. The molecule has 5 aromatic rings. The molecule has 0 aliphatic carbocycles. The molecular weight excluding hydrogens is 446 g/mol. The maximum atomic E-state index is 11.0. The number of para-hydroxylation sites is 2. The minimum absolute atomic E-state index is 0.0308. The van der Waals surface area contributed by atoms with E-state index in [0.717, 1.165) is 32.3 Å². The molecule has 2 heterocycles. The van der Waals surface area contributed by atoms with E-state index in [2.05, 4.69) is 15.9 Å². The molecule has 0 atom stereocenters. The van der Waals surface area contributed by atoms with Crippen molar-refractivity contribution in [2.45, 2.75) is 6.92 Å². The van der Waals surface area contributed by atoms with E-state index >= 15 is 0 Å². The summed E-state index contributed by atoms with van der Waals surface area (Å²) in [6.45, 7) is 2.01. The zero-order chi connectivity index (χ0) is 20.8. The number of aromatic nitrogens is 4. The lowest BCUT2D eigenvalue weighted by Gasteiger charge is -2.12. The number of fused-ring (bicyclic) bond motifs is 2. The highest BCUT2D eigenvalue weighted by molar-refractivity contribution is 9.10. The number of benzene rings is 3. The van der Waals surface area contributed by atoms with E-state index in [1.165, 1.54) is 12.1 Å². The smallest absolute Gasteiger partial charge is 0.269 e. The Kier molecular flexibility index (Phi) is 4.29. The van der Waals surface area contributed by atoms with Crippen molar-refractivity contribution < 1.29 is 4.92 Å². The molecule has 7 nitrogen and oxygen atoms in total. The van der Waals surface area contributed by atoms with Gasteiger partial charge in [0.2, 0.25) is 0 Å². The molecule has 146 valence electrons. The molecular formula is C22H14BrN5O2. The van der Waals surface area contributed by atoms with E-state index in [1.54, 1.807) is 12.1 Å². The van der Waals surface area contributed by atoms with Crippen molar-refractivity contribution in [3.05, 3.63) is 86.9 Å². The van der Waals surface area contributed by atoms with E-state index in [-0.39, 0.29) is 5.69 Å². The molecule has 0 aliphatic rings. The van der Waals surface area contributed by atoms with Gasteiger partial charge in [-0.05, 0) is 55.0 Å². The van der Waals surface area contributed by atoms with Crippen LogP contribution in [-0.4, -0.2) is 24.4 Å². The van der Waals surface area contributed by atoms with Gasteiger partial charge < -0.3 is 0 Å². The van der Waals surface area contributed by atoms with Crippen LogP contribution in [0.4, 0.5) is 5.69 Å². The van der Waals surface area contributed by atoms with Crippen molar-refractivity contribution in [2.24, 2.45) is 0 Å². The van der Waals surface area contributed by atoms with Gasteiger partial charge in [-0.2, -0.15) is 0 Å². The van der Waals surface area contributed by atoms with Gasteiger partial charge in [-0.1, -0.05) is 28.1 Å². The van der Waals surface area contributed by atoms with Crippen molar-refractivity contribution >= 4 is 43.9 Å². The van der Waals surface area contributed by atoms with Crippen molar-refractivity contribution in [3.63, 3.8) is 0 Å². The summed E-state index contributed by atoms with van der Waals surface area (Å²) in [6, 6.07) is 20.0. The highest BCUT2D eigenvalue weighted by Gasteiger charge is 2.19. The molecule has 0 amide bonds. The minimum Gasteiger partial charge on any atom is -0.275 e. The van der Waals surface area contributed by atoms with Gasteiger partial charge in [-0.15, -0.1) is 0 Å². The summed E-state index contributed by atoms with van der Waals surface area (Å²) in [6.07, 6.45) is 0. The Morgan fingerprint density at radius 1 is 0.933 bits per heavy atom. The fourth-order valence-corrected chi connectivity index (χ4v) is 3.96. The monoisotopic (exact) mass is 459 g/mol. The van der Waals surface area contributed by atoms with Gasteiger partial charge in [0, 0.05) is 22.2 Å². The van der Waals surface area contributed by atoms with Crippen molar-refractivity contribution in [1.29, 1.82) is 0 Å². The summed E-state index contributed by atoms with van der Waals surface area (Å²) >= 11 is 3.51. The molecule has 0 radical (unpaired) electrons. The third kappa shape index (κ3) is 3.02. The topological polar surface area (TPSA) is 86.7 Å².